The number of esters is 1. The zero-order valence-corrected chi connectivity index (χ0v) is 13.3. The van der Waals surface area contributed by atoms with Gasteiger partial charge in [0.2, 0.25) is 0 Å². The van der Waals surface area contributed by atoms with Gasteiger partial charge in [-0.3, -0.25) is 4.79 Å². The summed E-state index contributed by atoms with van der Waals surface area (Å²) in [5.74, 6) is -0.329. The van der Waals surface area contributed by atoms with Crippen LogP contribution < -0.4 is 0 Å². The first kappa shape index (κ1) is 17.5. The number of thioether (sulfide) groups is 1. The van der Waals surface area contributed by atoms with Crippen LogP contribution in [0.3, 0.4) is 0 Å². The van der Waals surface area contributed by atoms with Gasteiger partial charge in [-0.25, -0.2) is 4.79 Å². The lowest BCUT2D eigenvalue weighted by atomic mass is 10.1. The number of ether oxygens (including phenoxy) is 1. The van der Waals surface area contributed by atoms with E-state index in [2.05, 4.69) is 6.58 Å². The van der Waals surface area contributed by atoms with Crippen LogP contribution >= 0.6 is 11.8 Å². The predicted octanol–water partition coefficient (Wildman–Crippen LogP) is 4.38. The average Bonchev–Trinajstić information content (AvgIpc) is 2.46. The SMILES string of the molecule is C=C(C)C(=O)OCCCCCCC(=O)Sc1ccccc1. The summed E-state index contributed by atoms with van der Waals surface area (Å²) in [6.07, 6.45) is 4.25. The van der Waals surface area contributed by atoms with Gasteiger partial charge in [-0.1, -0.05) is 49.4 Å². The van der Waals surface area contributed by atoms with Gasteiger partial charge in [0.05, 0.1) is 6.61 Å². The molecule has 0 bridgehead atoms. The first-order valence-electron chi connectivity index (χ1n) is 7.18. The van der Waals surface area contributed by atoms with Gasteiger partial charge >= 0.3 is 5.97 Å². The summed E-state index contributed by atoms with van der Waals surface area (Å²) in [5.41, 5.74) is 0.429. The second-order valence-corrected chi connectivity index (χ2v) is 6.00. The molecule has 0 atom stereocenters. The Morgan fingerprint density at radius 1 is 1.10 bits per heavy atom. The van der Waals surface area contributed by atoms with E-state index in [0.29, 0.717) is 18.6 Å². The van der Waals surface area contributed by atoms with Gasteiger partial charge in [-0.2, -0.15) is 0 Å². The largest absolute Gasteiger partial charge is 0.462 e. The molecule has 0 spiro atoms. The number of carbonyl (C=O) groups is 2. The molecule has 0 saturated heterocycles. The van der Waals surface area contributed by atoms with E-state index in [1.807, 2.05) is 30.3 Å². The molecular weight excluding hydrogens is 284 g/mol. The molecule has 0 aromatic heterocycles. The Labute approximate surface area is 130 Å². The van der Waals surface area contributed by atoms with Crippen molar-refractivity contribution in [1.29, 1.82) is 0 Å². The van der Waals surface area contributed by atoms with E-state index < -0.39 is 0 Å². The fraction of sp³-hybridized carbons (Fsp3) is 0.412. The zero-order chi connectivity index (χ0) is 15.5. The summed E-state index contributed by atoms with van der Waals surface area (Å²) in [4.78, 5) is 23.9. The third-order valence-electron chi connectivity index (χ3n) is 2.83. The summed E-state index contributed by atoms with van der Waals surface area (Å²) in [6, 6.07) is 9.69. The number of rotatable bonds is 9. The van der Waals surface area contributed by atoms with Gasteiger partial charge in [0.15, 0.2) is 5.12 Å². The molecule has 1 aromatic rings. The minimum atomic E-state index is -0.329. The molecule has 0 unspecified atom stereocenters. The Morgan fingerprint density at radius 2 is 1.76 bits per heavy atom. The summed E-state index contributed by atoms with van der Waals surface area (Å²) in [7, 11) is 0. The fourth-order valence-electron chi connectivity index (χ4n) is 1.68. The number of unbranched alkanes of at least 4 members (excludes halogenated alkanes) is 3. The molecule has 0 heterocycles. The van der Waals surface area contributed by atoms with Crippen LogP contribution in [0.4, 0.5) is 0 Å². The minimum Gasteiger partial charge on any atom is -0.462 e. The Balaban J connectivity index is 2.00. The van der Waals surface area contributed by atoms with Crippen LogP contribution in [0.15, 0.2) is 47.4 Å². The quantitative estimate of drug-likeness (QED) is 0.294. The molecule has 0 fully saturated rings. The van der Waals surface area contributed by atoms with Crippen LogP contribution in [0.5, 0.6) is 0 Å². The topological polar surface area (TPSA) is 43.4 Å². The van der Waals surface area contributed by atoms with Crippen LogP contribution in [0.2, 0.25) is 0 Å². The summed E-state index contributed by atoms with van der Waals surface area (Å²) >= 11 is 1.30. The van der Waals surface area contributed by atoms with Crippen molar-refractivity contribution in [2.24, 2.45) is 0 Å². The van der Waals surface area contributed by atoms with Crippen molar-refractivity contribution in [3.8, 4) is 0 Å². The first-order valence-corrected chi connectivity index (χ1v) is 7.99. The van der Waals surface area contributed by atoms with Gasteiger partial charge in [-0.15, -0.1) is 0 Å². The number of hydrogen-bond acceptors (Lipinski definition) is 4. The van der Waals surface area contributed by atoms with Crippen molar-refractivity contribution in [3.05, 3.63) is 42.5 Å². The summed E-state index contributed by atoms with van der Waals surface area (Å²) < 4.78 is 5.00. The van der Waals surface area contributed by atoms with Gasteiger partial charge in [0.1, 0.15) is 0 Å². The third kappa shape index (κ3) is 8.35. The zero-order valence-electron chi connectivity index (χ0n) is 12.5. The average molecular weight is 306 g/mol. The Hall–Kier alpha value is -1.55. The predicted molar refractivity (Wildman–Crippen MR) is 86.2 cm³/mol. The molecule has 0 N–H and O–H groups in total. The molecule has 0 aliphatic carbocycles. The Kier molecular flexibility index (Phi) is 8.51. The monoisotopic (exact) mass is 306 g/mol. The second kappa shape index (κ2) is 10.2. The molecule has 0 radical (unpaired) electrons. The van der Waals surface area contributed by atoms with E-state index >= 15 is 0 Å². The molecule has 0 aliphatic rings. The molecule has 1 aromatic carbocycles. The Bertz CT molecular complexity index is 468. The molecule has 0 saturated carbocycles. The van der Waals surface area contributed by atoms with Crippen LogP contribution in [0.1, 0.15) is 39.0 Å². The van der Waals surface area contributed by atoms with E-state index in [1.165, 1.54) is 11.8 Å². The van der Waals surface area contributed by atoms with E-state index in [0.717, 1.165) is 30.6 Å². The molecule has 1 rings (SSSR count). The number of carbonyl (C=O) groups excluding carboxylic acids is 2. The lowest BCUT2D eigenvalue weighted by molar-refractivity contribution is -0.139. The van der Waals surface area contributed by atoms with Crippen molar-refractivity contribution in [3.63, 3.8) is 0 Å². The van der Waals surface area contributed by atoms with Gasteiger partial charge in [0.25, 0.3) is 0 Å². The van der Waals surface area contributed by atoms with Crippen LogP contribution in [-0.2, 0) is 14.3 Å². The van der Waals surface area contributed by atoms with Crippen molar-refractivity contribution in [2.75, 3.05) is 6.61 Å². The summed E-state index contributed by atoms with van der Waals surface area (Å²) in [6.45, 7) is 5.59. The van der Waals surface area contributed by atoms with E-state index in [4.69, 9.17) is 4.74 Å². The van der Waals surface area contributed by atoms with Gasteiger partial charge in [-0.05, 0) is 31.9 Å². The van der Waals surface area contributed by atoms with Crippen molar-refractivity contribution in [1.82, 2.24) is 0 Å². The molecule has 3 nitrogen and oxygen atoms in total. The molecule has 4 heteroatoms. The maximum atomic E-state index is 11.7. The lowest BCUT2D eigenvalue weighted by Crippen LogP contribution is -2.06. The van der Waals surface area contributed by atoms with Crippen LogP contribution in [0, 0.1) is 0 Å². The van der Waals surface area contributed by atoms with Crippen LogP contribution in [-0.4, -0.2) is 17.7 Å². The van der Waals surface area contributed by atoms with E-state index in [-0.39, 0.29) is 11.1 Å². The standard InChI is InChI=1S/C17H22O3S/c1-14(2)17(19)20-13-9-4-3-8-12-16(18)21-15-10-6-5-7-11-15/h5-7,10-11H,1,3-4,8-9,12-13H2,2H3. The smallest absolute Gasteiger partial charge is 0.333 e. The highest BCUT2D eigenvalue weighted by molar-refractivity contribution is 8.13. The van der Waals surface area contributed by atoms with Crippen molar-refractivity contribution in [2.45, 2.75) is 43.9 Å². The number of hydrogen-bond donors (Lipinski definition) is 0. The van der Waals surface area contributed by atoms with Gasteiger partial charge in [0, 0.05) is 16.9 Å². The lowest BCUT2D eigenvalue weighted by Gasteiger charge is -2.04. The number of benzene rings is 1. The van der Waals surface area contributed by atoms with Crippen LogP contribution in [0.25, 0.3) is 0 Å². The van der Waals surface area contributed by atoms with Crippen molar-refractivity contribution >= 4 is 22.8 Å². The van der Waals surface area contributed by atoms with Gasteiger partial charge < -0.3 is 4.74 Å². The minimum absolute atomic E-state index is 0.204. The molecule has 0 aliphatic heterocycles. The molecule has 21 heavy (non-hydrogen) atoms. The Morgan fingerprint density at radius 3 is 2.43 bits per heavy atom. The van der Waals surface area contributed by atoms with E-state index in [9.17, 15) is 9.59 Å². The van der Waals surface area contributed by atoms with Crippen molar-refractivity contribution < 1.29 is 14.3 Å². The van der Waals surface area contributed by atoms with E-state index in [1.54, 1.807) is 6.92 Å². The maximum Gasteiger partial charge on any atom is 0.333 e. The highest BCUT2D eigenvalue weighted by Gasteiger charge is 2.05. The second-order valence-electron chi connectivity index (χ2n) is 4.87. The molecule has 0 amide bonds. The maximum absolute atomic E-state index is 11.7. The highest BCUT2D eigenvalue weighted by Crippen LogP contribution is 2.20. The molecule has 114 valence electrons. The normalized spacial score (nSPS) is 10.1. The first-order chi connectivity index (χ1) is 10.1. The fourth-order valence-corrected chi connectivity index (χ4v) is 2.49. The summed E-state index contributed by atoms with van der Waals surface area (Å²) in [5, 5.41) is 0.204. The third-order valence-corrected chi connectivity index (χ3v) is 3.77. The highest BCUT2D eigenvalue weighted by atomic mass is 32.2. The molecular formula is C17H22O3S.